The number of halogens is 5. The number of amides is 1. The van der Waals surface area contributed by atoms with Crippen molar-refractivity contribution in [1.82, 2.24) is 9.80 Å². The molecule has 0 radical (unpaired) electrons. The molecule has 1 aromatic carbocycles. The largest absolute Gasteiger partial charge is 0.493 e. The second-order valence-corrected chi connectivity index (χ2v) is 17.2. The van der Waals surface area contributed by atoms with Crippen LogP contribution in [0.5, 0.6) is 11.5 Å². The number of carbonyl (C=O) groups excluding carboxylic acids is 2. The van der Waals surface area contributed by atoms with Gasteiger partial charge in [-0.3, -0.25) is 9.00 Å². The van der Waals surface area contributed by atoms with Gasteiger partial charge in [0.05, 0.1) is 7.11 Å². The summed E-state index contributed by atoms with van der Waals surface area (Å²) in [5.74, 6) is -2.84. The Bertz CT molecular complexity index is 1430. The van der Waals surface area contributed by atoms with Crippen molar-refractivity contribution < 1.29 is 45.2 Å². The van der Waals surface area contributed by atoms with E-state index in [2.05, 4.69) is 11.8 Å². The van der Waals surface area contributed by atoms with E-state index in [1.807, 2.05) is 12.1 Å². The lowest BCUT2D eigenvalue weighted by atomic mass is 9.52. The average molecular weight is 731 g/mol. The summed E-state index contributed by atoms with van der Waals surface area (Å²) in [7, 11) is 0.0543. The zero-order chi connectivity index (χ0) is 35.8. The monoisotopic (exact) mass is 730 g/mol. The van der Waals surface area contributed by atoms with Crippen LogP contribution in [0.1, 0.15) is 101 Å². The van der Waals surface area contributed by atoms with Gasteiger partial charge in [-0.05, 0) is 131 Å². The molecule has 3 aliphatic carbocycles. The summed E-state index contributed by atoms with van der Waals surface area (Å²) in [5.41, 5.74) is 1.84. The molecule has 1 amide bonds. The van der Waals surface area contributed by atoms with E-state index in [1.165, 1.54) is 12.8 Å². The fraction of sp³-hybridized carbons (Fsp3) is 0.784. The van der Waals surface area contributed by atoms with Crippen molar-refractivity contribution in [2.75, 3.05) is 44.8 Å². The molecule has 2 heterocycles. The molecule has 280 valence electrons. The fourth-order valence-corrected chi connectivity index (χ4v) is 11.1. The summed E-state index contributed by atoms with van der Waals surface area (Å²) in [6.45, 7) is 5.64. The minimum Gasteiger partial charge on any atom is -0.493 e. The molecule has 2 saturated heterocycles. The first-order chi connectivity index (χ1) is 23.7. The van der Waals surface area contributed by atoms with Crippen molar-refractivity contribution in [1.29, 1.82) is 0 Å². The molecule has 0 aromatic heterocycles. The van der Waals surface area contributed by atoms with Gasteiger partial charge in [-0.1, -0.05) is 6.92 Å². The van der Waals surface area contributed by atoms with E-state index in [0.717, 1.165) is 56.3 Å². The lowest BCUT2D eigenvalue weighted by Gasteiger charge is -2.52. The van der Waals surface area contributed by atoms with Gasteiger partial charge in [0.1, 0.15) is 5.78 Å². The van der Waals surface area contributed by atoms with Crippen LogP contribution >= 0.6 is 0 Å². The number of carbonyl (C=O) groups is 2. The van der Waals surface area contributed by atoms with Gasteiger partial charge >= 0.3 is 18.2 Å². The third-order valence-corrected chi connectivity index (χ3v) is 14.2. The number of nitrogens with zero attached hydrogens (tertiary/aromatic N) is 2. The Kier molecular flexibility index (Phi) is 11.2. The third-order valence-electron chi connectivity index (χ3n) is 12.7. The summed E-state index contributed by atoms with van der Waals surface area (Å²) >= 11 is 0. The molecule has 4 fully saturated rings. The van der Waals surface area contributed by atoms with Gasteiger partial charge in [-0.25, -0.2) is 4.79 Å². The number of rotatable bonds is 11. The van der Waals surface area contributed by atoms with Crippen LogP contribution in [0.3, 0.4) is 0 Å². The normalized spacial score (nSPS) is 29.7. The highest BCUT2D eigenvalue weighted by atomic mass is 32.2. The smallest absolute Gasteiger partial charge is 0.453 e. The Morgan fingerprint density at radius 1 is 0.980 bits per heavy atom. The first-order valence-corrected chi connectivity index (χ1v) is 19.9. The van der Waals surface area contributed by atoms with Gasteiger partial charge in [0, 0.05) is 59.7 Å². The minimum absolute atomic E-state index is 0.149. The van der Waals surface area contributed by atoms with Crippen molar-refractivity contribution in [3.8, 4) is 11.5 Å². The fourth-order valence-electron chi connectivity index (χ4n) is 9.96. The van der Waals surface area contributed by atoms with Crippen LogP contribution in [0, 0.1) is 23.2 Å². The van der Waals surface area contributed by atoms with Crippen LogP contribution in [-0.4, -0.2) is 88.8 Å². The second-order valence-electron chi connectivity index (χ2n) is 15.5. The molecule has 1 aromatic rings. The number of methoxy groups -OCH3 is 1. The van der Waals surface area contributed by atoms with E-state index in [0.29, 0.717) is 62.1 Å². The molecule has 2 aliphatic heterocycles. The molecule has 2 saturated carbocycles. The SMILES string of the molecule is COc1cc2c(cc1OC(=O)N1CCC(N3CCCC3)CC1)C[C@@H](CCCS(=O)CCCC(F)(F)C(F)(F)F)[C@@H]1[C@@H]2CC[C@]2(C)C(=O)CC[C@@H]12. The van der Waals surface area contributed by atoms with Gasteiger partial charge < -0.3 is 19.3 Å². The number of likely N-dealkylation sites (tertiary alicyclic amines) is 2. The number of alkyl halides is 5. The van der Waals surface area contributed by atoms with E-state index in [1.54, 1.807) is 12.0 Å². The third kappa shape index (κ3) is 7.60. The van der Waals surface area contributed by atoms with Crippen LogP contribution < -0.4 is 9.47 Å². The van der Waals surface area contributed by atoms with E-state index in [4.69, 9.17) is 9.47 Å². The predicted octanol–water partition coefficient (Wildman–Crippen LogP) is 7.91. The molecular formula is C37H51F5N2O5S. The molecule has 0 spiro atoms. The Morgan fingerprint density at radius 2 is 1.68 bits per heavy atom. The number of benzene rings is 1. The van der Waals surface area contributed by atoms with E-state index < -0.39 is 35.7 Å². The number of ketones is 1. The zero-order valence-electron chi connectivity index (χ0n) is 29.2. The van der Waals surface area contributed by atoms with Gasteiger partial charge in [0.15, 0.2) is 11.5 Å². The van der Waals surface area contributed by atoms with Crippen LogP contribution in [-0.2, 0) is 22.0 Å². The van der Waals surface area contributed by atoms with Gasteiger partial charge in [0.25, 0.3) is 0 Å². The number of hydrogen-bond acceptors (Lipinski definition) is 6. The summed E-state index contributed by atoms with van der Waals surface area (Å²) in [6, 6.07) is 4.45. The van der Waals surface area contributed by atoms with E-state index >= 15 is 0 Å². The highest BCUT2D eigenvalue weighted by Crippen LogP contribution is 2.62. The lowest BCUT2D eigenvalue weighted by Crippen LogP contribution is -2.47. The number of fused-ring (bicyclic) bond motifs is 5. The highest BCUT2D eigenvalue weighted by Gasteiger charge is 2.57. The van der Waals surface area contributed by atoms with Gasteiger partial charge in [0.2, 0.25) is 0 Å². The molecule has 1 unspecified atom stereocenters. The minimum atomic E-state index is -5.61. The first-order valence-electron chi connectivity index (χ1n) is 18.5. The Morgan fingerprint density at radius 3 is 2.36 bits per heavy atom. The summed E-state index contributed by atoms with van der Waals surface area (Å²) in [4.78, 5) is 30.8. The Hall–Kier alpha value is -2.28. The van der Waals surface area contributed by atoms with Crippen LogP contribution in [0.15, 0.2) is 12.1 Å². The van der Waals surface area contributed by atoms with Crippen molar-refractivity contribution in [3.05, 3.63) is 23.3 Å². The molecule has 7 nitrogen and oxygen atoms in total. The summed E-state index contributed by atoms with van der Waals surface area (Å²) in [6.07, 6.45) is 1.41. The van der Waals surface area contributed by atoms with Gasteiger partial charge in [-0.15, -0.1) is 0 Å². The van der Waals surface area contributed by atoms with E-state index in [-0.39, 0.29) is 46.7 Å². The second kappa shape index (κ2) is 15.0. The maximum absolute atomic E-state index is 13.4. The van der Waals surface area contributed by atoms with Crippen molar-refractivity contribution in [3.63, 3.8) is 0 Å². The van der Waals surface area contributed by atoms with Crippen LogP contribution in [0.25, 0.3) is 0 Å². The molecule has 6 rings (SSSR count). The quantitative estimate of drug-likeness (QED) is 0.216. The van der Waals surface area contributed by atoms with Crippen LogP contribution in [0.4, 0.5) is 26.7 Å². The Labute approximate surface area is 294 Å². The predicted molar refractivity (Wildman–Crippen MR) is 180 cm³/mol. The maximum atomic E-state index is 13.4. The molecule has 13 heteroatoms. The standard InChI is InChI=1S/C37H51F5N2O5S/c1-35-14-10-27-28-23-30(48-2)31(49-34(46)44-17-11-26(12-18-44)43-15-3-4-16-43)22-25(28)21-24(33(27)29(35)8-9-32(35)45)7-5-19-50(47)20-6-13-36(38,39)37(40,41)42/h22-24,26-27,29,33H,3-21H2,1-2H3/t24-,27-,29+,33-,35+,50?/m1/s1. The molecule has 6 atom stereocenters. The number of ether oxygens (including phenoxy) is 2. The molecule has 50 heavy (non-hydrogen) atoms. The average Bonchev–Trinajstić information content (AvgIpc) is 3.72. The molecule has 5 aliphatic rings. The maximum Gasteiger partial charge on any atom is 0.453 e. The topological polar surface area (TPSA) is 76.2 Å². The summed E-state index contributed by atoms with van der Waals surface area (Å²) in [5, 5.41) is 0. The summed E-state index contributed by atoms with van der Waals surface area (Å²) < 4.78 is 88.8. The zero-order valence-corrected chi connectivity index (χ0v) is 30.0. The van der Waals surface area contributed by atoms with Crippen molar-refractivity contribution in [2.45, 2.75) is 114 Å². The van der Waals surface area contributed by atoms with E-state index in [9.17, 15) is 35.8 Å². The van der Waals surface area contributed by atoms with Crippen molar-refractivity contribution >= 4 is 22.7 Å². The number of piperidine rings is 1. The van der Waals surface area contributed by atoms with Crippen molar-refractivity contribution in [2.24, 2.45) is 23.2 Å². The molecular weight excluding hydrogens is 679 g/mol. The highest BCUT2D eigenvalue weighted by molar-refractivity contribution is 7.84. The lowest BCUT2D eigenvalue weighted by molar-refractivity contribution is -0.284. The van der Waals surface area contributed by atoms with Gasteiger partial charge in [-0.2, -0.15) is 22.0 Å². The number of hydrogen-bond donors (Lipinski definition) is 0. The first kappa shape index (κ1) is 37.5. The van der Waals surface area contributed by atoms with Crippen LogP contribution in [0.2, 0.25) is 0 Å². The molecule has 0 bridgehead atoms. The molecule has 0 N–H and O–H groups in total. The number of Topliss-reactive ketones (excluding diaryl/α,β-unsaturated/α-hetero) is 1. The Balaban J connectivity index is 1.14.